The lowest BCUT2D eigenvalue weighted by Crippen LogP contribution is -2.26. The second kappa shape index (κ2) is 10.7. The molecule has 0 aromatic heterocycles. The molecular formula is C18H32N2. The van der Waals surface area contributed by atoms with Crippen molar-refractivity contribution in [2.75, 3.05) is 24.5 Å². The molecule has 0 radical (unpaired) electrons. The average Bonchev–Trinajstić information content (AvgIpc) is 2.50. The van der Waals surface area contributed by atoms with Crippen LogP contribution in [0.5, 0.6) is 0 Å². The minimum absolute atomic E-state index is 0.809. The summed E-state index contributed by atoms with van der Waals surface area (Å²) in [6, 6.07) is 10.8. The van der Waals surface area contributed by atoms with Crippen LogP contribution < -0.4 is 10.6 Å². The molecule has 20 heavy (non-hydrogen) atoms. The van der Waals surface area contributed by atoms with Gasteiger partial charge in [0, 0.05) is 18.8 Å². The number of nitrogens with two attached hydrogens (primary N) is 1. The molecule has 0 aliphatic rings. The molecule has 2 N–H and O–H groups in total. The SMILES string of the molecule is CCCCN(CCCC(CC)CCN)c1ccccc1. The number of anilines is 1. The molecule has 1 unspecified atom stereocenters. The van der Waals surface area contributed by atoms with E-state index in [0.29, 0.717) is 0 Å². The van der Waals surface area contributed by atoms with Crippen LogP contribution in [0.4, 0.5) is 5.69 Å². The number of rotatable bonds is 11. The van der Waals surface area contributed by atoms with Gasteiger partial charge < -0.3 is 10.6 Å². The highest BCUT2D eigenvalue weighted by atomic mass is 15.1. The van der Waals surface area contributed by atoms with Gasteiger partial charge in [-0.2, -0.15) is 0 Å². The van der Waals surface area contributed by atoms with Crippen LogP contribution in [0.25, 0.3) is 0 Å². The van der Waals surface area contributed by atoms with Gasteiger partial charge in [0.2, 0.25) is 0 Å². The Kier molecular flexibility index (Phi) is 9.14. The Morgan fingerprint density at radius 1 is 1.00 bits per heavy atom. The van der Waals surface area contributed by atoms with E-state index in [2.05, 4.69) is 49.1 Å². The van der Waals surface area contributed by atoms with Crippen molar-refractivity contribution >= 4 is 5.69 Å². The third kappa shape index (κ3) is 6.42. The Bertz CT molecular complexity index is 323. The predicted octanol–water partition coefficient (Wildman–Crippen LogP) is 4.45. The maximum absolute atomic E-state index is 5.68. The van der Waals surface area contributed by atoms with Gasteiger partial charge in [-0.3, -0.25) is 0 Å². The predicted molar refractivity (Wildman–Crippen MR) is 90.2 cm³/mol. The van der Waals surface area contributed by atoms with Gasteiger partial charge in [-0.25, -0.2) is 0 Å². The summed E-state index contributed by atoms with van der Waals surface area (Å²) in [5.74, 6) is 0.809. The van der Waals surface area contributed by atoms with Gasteiger partial charge in [0.15, 0.2) is 0 Å². The minimum atomic E-state index is 0.809. The van der Waals surface area contributed by atoms with Gasteiger partial charge >= 0.3 is 0 Å². The topological polar surface area (TPSA) is 29.3 Å². The third-order valence-electron chi connectivity index (χ3n) is 4.10. The minimum Gasteiger partial charge on any atom is -0.372 e. The lowest BCUT2D eigenvalue weighted by Gasteiger charge is -2.25. The molecule has 0 aliphatic carbocycles. The number of para-hydroxylation sites is 1. The molecule has 2 heteroatoms. The first-order chi connectivity index (χ1) is 9.81. The number of hydrogen-bond donors (Lipinski definition) is 1. The van der Waals surface area contributed by atoms with Crippen molar-refractivity contribution < 1.29 is 0 Å². The van der Waals surface area contributed by atoms with E-state index in [1.165, 1.54) is 57.3 Å². The highest BCUT2D eigenvalue weighted by molar-refractivity contribution is 5.45. The Hall–Kier alpha value is -1.02. The van der Waals surface area contributed by atoms with Crippen molar-refractivity contribution in [3.8, 4) is 0 Å². The zero-order valence-corrected chi connectivity index (χ0v) is 13.4. The summed E-state index contributed by atoms with van der Waals surface area (Å²) in [5.41, 5.74) is 7.05. The first kappa shape index (κ1) is 17.0. The van der Waals surface area contributed by atoms with E-state index in [0.717, 1.165) is 12.5 Å². The quantitative estimate of drug-likeness (QED) is 0.647. The maximum Gasteiger partial charge on any atom is 0.0366 e. The third-order valence-corrected chi connectivity index (χ3v) is 4.10. The summed E-state index contributed by atoms with van der Waals surface area (Å²) in [7, 11) is 0. The largest absolute Gasteiger partial charge is 0.372 e. The van der Waals surface area contributed by atoms with Crippen LogP contribution in [-0.2, 0) is 0 Å². The fraction of sp³-hybridized carbons (Fsp3) is 0.667. The number of benzene rings is 1. The molecule has 0 saturated carbocycles. The van der Waals surface area contributed by atoms with Crippen LogP contribution in [-0.4, -0.2) is 19.6 Å². The molecular weight excluding hydrogens is 244 g/mol. The van der Waals surface area contributed by atoms with Crippen molar-refractivity contribution in [2.45, 2.75) is 52.4 Å². The first-order valence-corrected chi connectivity index (χ1v) is 8.31. The van der Waals surface area contributed by atoms with Crippen molar-refractivity contribution in [3.63, 3.8) is 0 Å². The Labute approximate surface area is 125 Å². The van der Waals surface area contributed by atoms with Crippen LogP contribution in [0.2, 0.25) is 0 Å². The molecule has 0 spiro atoms. The zero-order valence-electron chi connectivity index (χ0n) is 13.4. The Morgan fingerprint density at radius 2 is 1.70 bits per heavy atom. The summed E-state index contributed by atoms with van der Waals surface area (Å²) < 4.78 is 0. The maximum atomic E-state index is 5.68. The van der Waals surface area contributed by atoms with E-state index in [1.807, 2.05) is 0 Å². The van der Waals surface area contributed by atoms with Gasteiger partial charge in [0.1, 0.15) is 0 Å². The van der Waals surface area contributed by atoms with Gasteiger partial charge in [-0.15, -0.1) is 0 Å². The monoisotopic (exact) mass is 276 g/mol. The molecule has 1 aromatic carbocycles. The molecule has 0 aliphatic heterocycles. The molecule has 0 saturated heterocycles. The van der Waals surface area contributed by atoms with Crippen LogP contribution in [0.1, 0.15) is 52.4 Å². The number of hydrogen-bond acceptors (Lipinski definition) is 2. The molecule has 114 valence electrons. The smallest absolute Gasteiger partial charge is 0.0366 e. The Morgan fingerprint density at radius 3 is 2.30 bits per heavy atom. The van der Waals surface area contributed by atoms with Gasteiger partial charge in [0.25, 0.3) is 0 Å². The molecule has 0 fully saturated rings. The average molecular weight is 276 g/mol. The van der Waals surface area contributed by atoms with E-state index < -0.39 is 0 Å². The second-order valence-corrected chi connectivity index (χ2v) is 5.67. The summed E-state index contributed by atoms with van der Waals surface area (Å²) >= 11 is 0. The van der Waals surface area contributed by atoms with Crippen LogP contribution in [0.3, 0.4) is 0 Å². The van der Waals surface area contributed by atoms with E-state index in [9.17, 15) is 0 Å². The highest BCUT2D eigenvalue weighted by Gasteiger charge is 2.08. The Balaban J connectivity index is 2.45. The number of unbranched alkanes of at least 4 members (excludes halogenated alkanes) is 1. The fourth-order valence-electron chi connectivity index (χ4n) is 2.72. The van der Waals surface area contributed by atoms with Crippen LogP contribution >= 0.6 is 0 Å². The van der Waals surface area contributed by atoms with E-state index in [1.54, 1.807) is 0 Å². The van der Waals surface area contributed by atoms with E-state index in [-0.39, 0.29) is 0 Å². The summed E-state index contributed by atoms with van der Waals surface area (Å²) in [5, 5.41) is 0. The van der Waals surface area contributed by atoms with Crippen LogP contribution in [0.15, 0.2) is 30.3 Å². The molecule has 1 aromatic rings. The molecule has 0 amide bonds. The summed E-state index contributed by atoms with van der Waals surface area (Å²) in [6.45, 7) is 7.72. The molecule has 1 rings (SSSR count). The van der Waals surface area contributed by atoms with E-state index >= 15 is 0 Å². The van der Waals surface area contributed by atoms with E-state index in [4.69, 9.17) is 5.73 Å². The molecule has 0 heterocycles. The summed E-state index contributed by atoms with van der Waals surface area (Å²) in [6.07, 6.45) is 7.55. The van der Waals surface area contributed by atoms with Gasteiger partial charge in [0.05, 0.1) is 0 Å². The fourth-order valence-corrected chi connectivity index (χ4v) is 2.72. The zero-order chi connectivity index (χ0) is 14.6. The standard InChI is InChI=1S/C18H32N2/c1-3-5-15-20(18-11-7-6-8-12-18)16-9-10-17(4-2)13-14-19/h6-8,11-12,17H,3-5,9-10,13-16,19H2,1-2H3. The first-order valence-electron chi connectivity index (χ1n) is 8.31. The highest BCUT2D eigenvalue weighted by Crippen LogP contribution is 2.18. The lowest BCUT2D eigenvalue weighted by molar-refractivity contribution is 0.429. The summed E-state index contributed by atoms with van der Waals surface area (Å²) in [4.78, 5) is 2.54. The van der Waals surface area contributed by atoms with Crippen molar-refractivity contribution in [3.05, 3.63) is 30.3 Å². The normalized spacial score (nSPS) is 12.3. The van der Waals surface area contributed by atoms with Gasteiger partial charge in [-0.1, -0.05) is 44.9 Å². The second-order valence-electron chi connectivity index (χ2n) is 5.67. The molecule has 0 bridgehead atoms. The number of nitrogens with zero attached hydrogens (tertiary/aromatic N) is 1. The van der Waals surface area contributed by atoms with Crippen LogP contribution in [0, 0.1) is 5.92 Å². The molecule has 2 nitrogen and oxygen atoms in total. The molecule has 1 atom stereocenters. The van der Waals surface area contributed by atoms with Gasteiger partial charge in [-0.05, 0) is 50.3 Å². The lowest BCUT2D eigenvalue weighted by atomic mass is 9.96. The van der Waals surface area contributed by atoms with Crippen molar-refractivity contribution in [1.29, 1.82) is 0 Å². The van der Waals surface area contributed by atoms with Crippen molar-refractivity contribution in [2.24, 2.45) is 11.7 Å². The van der Waals surface area contributed by atoms with Crippen molar-refractivity contribution in [1.82, 2.24) is 0 Å².